The van der Waals surface area contributed by atoms with Gasteiger partial charge < -0.3 is 5.73 Å². The highest BCUT2D eigenvalue weighted by Gasteiger charge is 2.36. The number of hydrogen-bond donors (Lipinski definition) is 1. The van der Waals surface area contributed by atoms with Crippen LogP contribution in [0.5, 0.6) is 0 Å². The van der Waals surface area contributed by atoms with E-state index < -0.39 is 0 Å². The third-order valence-corrected chi connectivity index (χ3v) is 4.68. The fourth-order valence-electron chi connectivity index (χ4n) is 3.21. The Morgan fingerprint density at radius 1 is 1.24 bits per heavy atom. The number of aryl methyl sites for hydroxylation is 1. The van der Waals surface area contributed by atoms with Crippen molar-refractivity contribution in [3.8, 4) is 11.1 Å². The molecule has 21 heavy (non-hydrogen) atoms. The first-order valence-corrected chi connectivity index (χ1v) is 7.60. The summed E-state index contributed by atoms with van der Waals surface area (Å²) in [5.41, 5.74) is 12.3. The second-order valence-corrected chi connectivity index (χ2v) is 6.30. The fraction of sp³-hybridized carbons (Fsp3) is 0.412. The molecule has 108 valence electrons. The van der Waals surface area contributed by atoms with E-state index in [1.54, 1.807) is 0 Å². The van der Waals surface area contributed by atoms with Crippen LogP contribution in [0.3, 0.4) is 0 Å². The maximum absolute atomic E-state index is 6.50. The Morgan fingerprint density at radius 2 is 2.05 bits per heavy atom. The van der Waals surface area contributed by atoms with Crippen molar-refractivity contribution in [2.45, 2.75) is 25.8 Å². The normalized spacial score (nSPS) is 24.6. The number of fused-ring (bicyclic) bond motifs is 1. The molecule has 2 aromatic rings. The molecule has 4 rings (SSSR count). The lowest BCUT2D eigenvalue weighted by molar-refractivity contribution is 0.577. The summed E-state index contributed by atoms with van der Waals surface area (Å²) in [6.07, 6.45) is 6.47. The summed E-state index contributed by atoms with van der Waals surface area (Å²) in [5, 5.41) is 4.24. The maximum atomic E-state index is 6.50. The third kappa shape index (κ3) is 2.10. The smallest absolute Gasteiger partial charge is 0.0677 e. The summed E-state index contributed by atoms with van der Waals surface area (Å²) in [6.45, 7) is 2.21. The molecule has 2 aliphatic rings. The molecule has 0 amide bonds. The predicted octanol–water partition coefficient (Wildman–Crippen LogP) is 3.22. The second kappa shape index (κ2) is 4.53. The number of nitrogens with two attached hydrogens (primary N) is 1. The van der Waals surface area contributed by atoms with E-state index in [0.29, 0.717) is 11.8 Å². The van der Waals surface area contributed by atoms with E-state index >= 15 is 0 Å². The molecule has 1 aromatic heterocycles. The third-order valence-electron chi connectivity index (χ3n) is 4.68. The summed E-state index contributed by atoms with van der Waals surface area (Å²) >= 11 is 0. The van der Waals surface area contributed by atoms with Gasteiger partial charge in [-0.2, -0.15) is 5.10 Å². The summed E-state index contributed by atoms with van der Waals surface area (Å²) in [6, 6.07) is 6.45. The van der Waals surface area contributed by atoms with E-state index in [9.17, 15) is 0 Å². The molecule has 2 heterocycles. The molecule has 0 spiro atoms. The van der Waals surface area contributed by atoms with Crippen molar-refractivity contribution >= 4 is 11.4 Å². The van der Waals surface area contributed by atoms with Crippen molar-refractivity contribution in [1.29, 1.82) is 0 Å². The SMILES string of the molecule is C[C@H]1C(C2CC2)=Nc2ccc(-c3cnn(C)c3)cc2[C@@H]1N. The van der Waals surface area contributed by atoms with Crippen LogP contribution in [-0.2, 0) is 7.05 Å². The maximum Gasteiger partial charge on any atom is 0.0677 e. The molecule has 0 saturated heterocycles. The Morgan fingerprint density at radius 3 is 2.71 bits per heavy atom. The Kier molecular flexibility index (Phi) is 2.76. The first-order valence-electron chi connectivity index (χ1n) is 7.60. The monoisotopic (exact) mass is 280 g/mol. The molecule has 1 fully saturated rings. The van der Waals surface area contributed by atoms with Gasteiger partial charge in [-0.3, -0.25) is 9.67 Å². The van der Waals surface area contributed by atoms with E-state index in [0.717, 1.165) is 22.4 Å². The lowest BCUT2D eigenvalue weighted by atomic mass is 9.84. The summed E-state index contributed by atoms with van der Waals surface area (Å²) in [7, 11) is 1.93. The van der Waals surface area contributed by atoms with Gasteiger partial charge in [0, 0.05) is 36.5 Å². The highest BCUT2D eigenvalue weighted by atomic mass is 15.2. The zero-order valence-electron chi connectivity index (χ0n) is 12.5. The molecule has 1 aromatic carbocycles. The van der Waals surface area contributed by atoms with Gasteiger partial charge in [-0.1, -0.05) is 13.0 Å². The molecule has 0 unspecified atom stereocenters. The van der Waals surface area contributed by atoms with Crippen LogP contribution >= 0.6 is 0 Å². The summed E-state index contributed by atoms with van der Waals surface area (Å²) in [5.74, 6) is 1.02. The van der Waals surface area contributed by atoms with Crippen molar-refractivity contribution in [2.24, 2.45) is 29.6 Å². The fourth-order valence-corrected chi connectivity index (χ4v) is 3.21. The van der Waals surface area contributed by atoms with Crippen LogP contribution in [-0.4, -0.2) is 15.5 Å². The Balaban J connectivity index is 1.78. The molecule has 1 saturated carbocycles. The minimum absolute atomic E-state index is 0.0460. The van der Waals surface area contributed by atoms with Gasteiger partial charge in [0.1, 0.15) is 0 Å². The van der Waals surface area contributed by atoms with E-state index in [-0.39, 0.29) is 6.04 Å². The molecule has 4 nitrogen and oxygen atoms in total. The summed E-state index contributed by atoms with van der Waals surface area (Å²) < 4.78 is 1.82. The average molecular weight is 280 g/mol. The van der Waals surface area contributed by atoms with Gasteiger partial charge in [-0.05, 0) is 42.0 Å². The predicted molar refractivity (Wildman–Crippen MR) is 84.6 cm³/mol. The molecular weight excluding hydrogens is 260 g/mol. The minimum atomic E-state index is 0.0460. The van der Waals surface area contributed by atoms with Gasteiger partial charge in [0.05, 0.1) is 11.9 Å². The van der Waals surface area contributed by atoms with Crippen molar-refractivity contribution in [2.75, 3.05) is 0 Å². The number of aliphatic imine (C=N–C) groups is 1. The van der Waals surface area contributed by atoms with E-state index in [4.69, 9.17) is 10.7 Å². The largest absolute Gasteiger partial charge is 0.323 e. The molecule has 0 radical (unpaired) electrons. The van der Waals surface area contributed by atoms with Gasteiger partial charge in [-0.25, -0.2) is 0 Å². The molecule has 4 heteroatoms. The Hall–Kier alpha value is -1.94. The van der Waals surface area contributed by atoms with Crippen LogP contribution in [0.4, 0.5) is 5.69 Å². The van der Waals surface area contributed by atoms with Gasteiger partial charge in [-0.15, -0.1) is 0 Å². The molecule has 2 atom stereocenters. The van der Waals surface area contributed by atoms with Crippen LogP contribution in [0.15, 0.2) is 35.6 Å². The van der Waals surface area contributed by atoms with E-state index in [1.807, 2.05) is 24.1 Å². The van der Waals surface area contributed by atoms with Crippen molar-refractivity contribution < 1.29 is 0 Å². The van der Waals surface area contributed by atoms with Crippen LogP contribution in [0.25, 0.3) is 11.1 Å². The lowest BCUT2D eigenvalue weighted by Gasteiger charge is -2.28. The van der Waals surface area contributed by atoms with Crippen LogP contribution in [0, 0.1) is 11.8 Å². The van der Waals surface area contributed by atoms with Crippen LogP contribution < -0.4 is 5.73 Å². The minimum Gasteiger partial charge on any atom is -0.323 e. The van der Waals surface area contributed by atoms with Gasteiger partial charge in [0.25, 0.3) is 0 Å². The first-order chi connectivity index (χ1) is 10.1. The summed E-state index contributed by atoms with van der Waals surface area (Å²) in [4.78, 5) is 4.89. The Bertz CT molecular complexity index is 724. The number of benzene rings is 1. The van der Waals surface area contributed by atoms with Crippen molar-refractivity contribution in [3.05, 3.63) is 36.2 Å². The molecule has 2 N–H and O–H groups in total. The number of nitrogens with zero attached hydrogens (tertiary/aromatic N) is 3. The zero-order valence-corrected chi connectivity index (χ0v) is 12.5. The van der Waals surface area contributed by atoms with E-state index in [1.165, 1.54) is 18.6 Å². The molecule has 1 aliphatic carbocycles. The standard InChI is InChI=1S/C17H20N4/c1-10-16(18)14-7-12(13-8-19-21(2)9-13)5-6-15(14)20-17(10)11-3-4-11/h5-11,16H,3-4,18H2,1-2H3/t10-,16-/m1/s1. The topological polar surface area (TPSA) is 56.2 Å². The molecular formula is C17H20N4. The average Bonchev–Trinajstić information content (AvgIpc) is 3.24. The van der Waals surface area contributed by atoms with Crippen molar-refractivity contribution in [1.82, 2.24) is 9.78 Å². The Labute approximate surface area is 124 Å². The number of aromatic nitrogens is 2. The van der Waals surface area contributed by atoms with Gasteiger partial charge >= 0.3 is 0 Å². The highest BCUT2D eigenvalue weighted by molar-refractivity contribution is 5.95. The van der Waals surface area contributed by atoms with Crippen LogP contribution in [0.1, 0.15) is 31.4 Å². The highest BCUT2D eigenvalue weighted by Crippen LogP contribution is 2.43. The quantitative estimate of drug-likeness (QED) is 0.918. The van der Waals surface area contributed by atoms with Gasteiger partial charge in [0.15, 0.2) is 0 Å². The van der Waals surface area contributed by atoms with Gasteiger partial charge in [0.2, 0.25) is 0 Å². The molecule has 0 bridgehead atoms. The second-order valence-electron chi connectivity index (χ2n) is 6.30. The zero-order chi connectivity index (χ0) is 14.6. The number of hydrogen-bond acceptors (Lipinski definition) is 3. The van der Waals surface area contributed by atoms with E-state index in [2.05, 4.69) is 30.2 Å². The van der Waals surface area contributed by atoms with Crippen LogP contribution in [0.2, 0.25) is 0 Å². The number of rotatable bonds is 2. The lowest BCUT2D eigenvalue weighted by Crippen LogP contribution is -2.30. The molecule has 1 aliphatic heterocycles. The first kappa shape index (κ1) is 12.8. The van der Waals surface area contributed by atoms with Crippen molar-refractivity contribution in [3.63, 3.8) is 0 Å².